The fourth-order valence-electron chi connectivity index (χ4n) is 1.49. The fraction of sp³-hybridized carbons (Fsp3) is 0.417. The molecule has 0 bridgehead atoms. The van der Waals surface area contributed by atoms with Crippen molar-refractivity contribution in [2.45, 2.75) is 33.4 Å². The first-order valence-corrected chi connectivity index (χ1v) is 6.29. The van der Waals surface area contributed by atoms with E-state index in [-0.39, 0.29) is 0 Å². The van der Waals surface area contributed by atoms with E-state index in [1.54, 1.807) is 11.3 Å². The Hall–Kier alpha value is -1.13. The molecule has 16 heavy (non-hydrogen) atoms. The molecule has 0 aliphatic carbocycles. The van der Waals surface area contributed by atoms with Gasteiger partial charge in [-0.3, -0.25) is 0 Å². The number of nitrogens with zero attached hydrogens (tertiary/aromatic N) is 1. The van der Waals surface area contributed by atoms with Crippen LogP contribution < -0.4 is 5.32 Å². The monoisotopic (exact) mass is 236 g/mol. The van der Waals surface area contributed by atoms with Crippen molar-refractivity contribution < 1.29 is 4.42 Å². The molecular formula is C12H16N2OS. The lowest BCUT2D eigenvalue weighted by molar-refractivity contribution is 0.432. The largest absolute Gasteiger partial charge is 0.444 e. The molecule has 0 aliphatic heterocycles. The second kappa shape index (κ2) is 4.80. The summed E-state index contributed by atoms with van der Waals surface area (Å²) in [6.07, 6.45) is 0. The Morgan fingerprint density at radius 3 is 2.88 bits per heavy atom. The van der Waals surface area contributed by atoms with Crippen molar-refractivity contribution in [3.8, 4) is 0 Å². The van der Waals surface area contributed by atoms with Crippen LogP contribution in [-0.4, -0.2) is 4.98 Å². The van der Waals surface area contributed by atoms with Gasteiger partial charge in [0.2, 0.25) is 5.89 Å². The van der Waals surface area contributed by atoms with Gasteiger partial charge >= 0.3 is 0 Å². The first-order valence-electron chi connectivity index (χ1n) is 5.35. The average molecular weight is 236 g/mol. The molecule has 2 heterocycles. The molecule has 2 rings (SSSR count). The van der Waals surface area contributed by atoms with Gasteiger partial charge in [0.15, 0.2) is 0 Å². The highest BCUT2D eigenvalue weighted by Gasteiger charge is 2.08. The minimum atomic E-state index is 0.332. The maximum atomic E-state index is 5.51. The number of aryl methyl sites for hydroxylation is 2. The van der Waals surface area contributed by atoms with E-state index in [4.69, 9.17) is 4.42 Å². The topological polar surface area (TPSA) is 38.1 Å². The van der Waals surface area contributed by atoms with Crippen LogP contribution in [0.2, 0.25) is 0 Å². The van der Waals surface area contributed by atoms with Crippen LogP contribution in [0.15, 0.2) is 21.2 Å². The second-order valence-corrected chi connectivity index (χ2v) is 4.69. The Bertz CT molecular complexity index is 428. The van der Waals surface area contributed by atoms with Crippen molar-refractivity contribution in [1.29, 1.82) is 0 Å². The van der Waals surface area contributed by atoms with Gasteiger partial charge in [-0.25, -0.2) is 4.98 Å². The Morgan fingerprint density at radius 1 is 1.50 bits per heavy atom. The normalized spacial score (nSPS) is 12.9. The number of rotatable bonds is 4. The van der Waals surface area contributed by atoms with Crippen molar-refractivity contribution in [2.75, 3.05) is 0 Å². The van der Waals surface area contributed by atoms with E-state index in [0.29, 0.717) is 12.6 Å². The van der Waals surface area contributed by atoms with Gasteiger partial charge in [0.05, 0.1) is 12.2 Å². The zero-order valence-electron chi connectivity index (χ0n) is 9.78. The Kier molecular flexibility index (Phi) is 3.41. The molecule has 0 aromatic carbocycles. The summed E-state index contributed by atoms with van der Waals surface area (Å²) in [5, 5.41) is 7.64. The third-order valence-corrected chi connectivity index (χ3v) is 3.38. The van der Waals surface area contributed by atoms with E-state index in [1.807, 2.05) is 13.8 Å². The Morgan fingerprint density at radius 2 is 2.31 bits per heavy atom. The highest BCUT2D eigenvalue weighted by molar-refractivity contribution is 7.07. The molecule has 2 aromatic heterocycles. The van der Waals surface area contributed by atoms with Gasteiger partial charge in [-0.05, 0) is 43.2 Å². The van der Waals surface area contributed by atoms with E-state index >= 15 is 0 Å². The smallest absolute Gasteiger partial charge is 0.208 e. The molecule has 0 aliphatic rings. The highest BCUT2D eigenvalue weighted by Crippen LogP contribution is 2.16. The van der Waals surface area contributed by atoms with Gasteiger partial charge in [0, 0.05) is 6.04 Å². The number of aromatic nitrogens is 1. The van der Waals surface area contributed by atoms with Gasteiger partial charge in [0.1, 0.15) is 5.76 Å². The van der Waals surface area contributed by atoms with E-state index < -0.39 is 0 Å². The van der Waals surface area contributed by atoms with Crippen LogP contribution >= 0.6 is 11.3 Å². The molecule has 2 aromatic rings. The second-order valence-electron chi connectivity index (χ2n) is 3.91. The maximum absolute atomic E-state index is 5.51. The molecule has 1 atom stereocenters. The number of thiophene rings is 1. The molecule has 0 fully saturated rings. The summed E-state index contributed by atoms with van der Waals surface area (Å²) in [6, 6.07) is 2.47. The fourth-order valence-corrected chi connectivity index (χ4v) is 2.25. The summed E-state index contributed by atoms with van der Waals surface area (Å²) in [5.74, 6) is 1.66. The quantitative estimate of drug-likeness (QED) is 0.885. The molecule has 0 saturated heterocycles. The van der Waals surface area contributed by atoms with Crippen molar-refractivity contribution >= 4 is 11.3 Å². The van der Waals surface area contributed by atoms with Gasteiger partial charge in [-0.1, -0.05) is 0 Å². The summed E-state index contributed by atoms with van der Waals surface area (Å²) in [5.41, 5.74) is 2.28. The minimum Gasteiger partial charge on any atom is -0.444 e. The zero-order valence-corrected chi connectivity index (χ0v) is 10.6. The average Bonchev–Trinajstić information content (AvgIpc) is 2.86. The molecular weight excluding hydrogens is 220 g/mol. The predicted octanol–water partition coefficient (Wildman–Crippen LogP) is 3.20. The third-order valence-electron chi connectivity index (χ3n) is 2.68. The van der Waals surface area contributed by atoms with Crippen LogP contribution in [0.25, 0.3) is 0 Å². The van der Waals surface area contributed by atoms with Crippen LogP contribution in [0.3, 0.4) is 0 Å². The lowest BCUT2D eigenvalue weighted by atomic mass is 10.2. The zero-order chi connectivity index (χ0) is 11.5. The summed E-state index contributed by atoms with van der Waals surface area (Å²) < 4.78 is 5.51. The molecule has 4 heteroatoms. The van der Waals surface area contributed by atoms with Crippen LogP contribution in [0.5, 0.6) is 0 Å². The number of hydrogen-bond acceptors (Lipinski definition) is 4. The van der Waals surface area contributed by atoms with Crippen LogP contribution in [-0.2, 0) is 6.54 Å². The van der Waals surface area contributed by atoms with E-state index in [0.717, 1.165) is 17.3 Å². The van der Waals surface area contributed by atoms with Crippen molar-refractivity contribution in [1.82, 2.24) is 10.3 Å². The van der Waals surface area contributed by atoms with E-state index in [2.05, 4.69) is 34.1 Å². The Labute approximate surface area is 99.5 Å². The lowest BCUT2D eigenvalue weighted by Crippen LogP contribution is -2.17. The summed E-state index contributed by atoms with van der Waals surface area (Å²) in [6.45, 7) is 6.72. The number of nitrogens with one attached hydrogen (secondary N) is 1. The van der Waals surface area contributed by atoms with Crippen molar-refractivity contribution in [3.63, 3.8) is 0 Å². The van der Waals surface area contributed by atoms with Crippen LogP contribution in [0.1, 0.15) is 35.9 Å². The summed E-state index contributed by atoms with van der Waals surface area (Å²) >= 11 is 1.72. The standard InChI is InChI=1S/C12H16N2OS/c1-8-10(3)15-12(14-8)6-13-9(2)11-4-5-16-7-11/h4-5,7,9,13H,6H2,1-3H3. The highest BCUT2D eigenvalue weighted by atomic mass is 32.1. The molecule has 3 nitrogen and oxygen atoms in total. The maximum Gasteiger partial charge on any atom is 0.208 e. The van der Waals surface area contributed by atoms with E-state index in [1.165, 1.54) is 5.56 Å². The molecule has 1 unspecified atom stereocenters. The SMILES string of the molecule is Cc1nc(CNC(C)c2ccsc2)oc1C. The van der Waals surface area contributed by atoms with E-state index in [9.17, 15) is 0 Å². The van der Waals surface area contributed by atoms with Gasteiger partial charge in [0.25, 0.3) is 0 Å². The molecule has 0 radical (unpaired) electrons. The molecule has 1 N–H and O–H groups in total. The summed E-state index contributed by atoms with van der Waals surface area (Å²) in [7, 11) is 0. The number of oxazole rings is 1. The van der Waals surface area contributed by atoms with Gasteiger partial charge < -0.3 is 9.73 Å². The van der Waals surface area contributed by atoms with Crippen molar-refractivity contribution in [2.24, 2.45) is 0 Å². The van der Waals surface area contributed by atoms with Gasteiger partial charge in [-0.2, -0.15) is 11.3 Å². The molecule has 0 spiro atoms. The number of hydrogen-bond donors (Lipinski definition) is 1. The minimum absolute atomic E-state index is 0.332. The molecule has 0 saturated carbocycles. The van der Waals surface area contributed by atoms with Gasteiger partial charge in [-0.15, -0.1) is 0 Å². The predicted molar refractivity (Wildman–Crippen MR) is 65.6 cm³/mol. The Balaban J connectivity index is 1.92. The molecule has 86 valence electrons. The molecule has 0 amide bonds. The lowest BCUT2D eigenvalue weighted by Gasteiger charge is -2.10. The van der Waals surface area contributed by atoms with Crippen LogP contribution in [0.4, 0.5) is 0 Å². The van der Waals surface area contributed by atoms with Crippen LogP contribution in [0, 0.1) is 13.8 Å². The first-order chi connectivity index (χ1) is 7.66. The third kappa shape index (κ3) is 2.51. The van der Waals surface area contributed by atoms with Crippen molar-refractivity contribution in [3.05, 3.63) is 39.7 Å². The summed E-state index contributed by atoms with van der Waals surface area (Å²) in [4.78, 5) is 4.34. The first kappa shape index (κ1) is 11.4.